The van der Waals surface area contributed by atoms with Crippen LogP contribution in [0.3, 0.4) is 0 Å². The fraction of sp³-hybridized carbons (Fsp3) is 0.417. The Labute approximate surface area is 104 Å². The molecule has 1 aliphatic heterocycles. The minimum atomic E-state index is -0.625. The quantitative estimate of drug-likeness (QED) is 0.652. The lowest BCUT2D eigenvalue weighted by Crippen LogP contribution is -2.17. The predicted octanol–water partition coefficient (Wildman–Crippen LogP) is 1.36. The third kappa shape index (κ3) is 2.53. The number of rotatable bonds is 3. The van der Waals surface area contributed by atoms with E-state index in [0.717, 1.165) is 6.07 Å². The molecule has 18 heavy (non-hydrogen) atoms. The van der Waals surface area contributed by atoms with Crippen LogP contribution in [0.5, 0.6) is 5.75 Å². The normalized spacial score (nSPS) is 18.7. The zero-order chi connectivity index (χ0) is 13.1. The molecule has 0 amide bonds. The van der Waals surface area contributed by atoms with Gasteiger partial charge in [-0.1, -0.05) is 0 Å². The van der Waals surface area contributed by atoms with Gasteiger partial charge in [0.15, 0.2) is 11.6 Å². The highest BCUT2D eigenvalue weighted by Crippen LogP contribution is 2.26. The van der Waals surface area contributed by atoms with Crippen molar-refractivity contribution in [3.05, 3.63) is 23.5 Å². The summed E-state index contributed by atoms with van der Waals surface area (Å²) in [6, 6.07) is 2.31. The van der Waals surface area contributed by atoms with E-state index in [-0.39, 0.29) is 23.1 Å². The molecule has 2 rings (SSSR count). The topological polar surface area (TPSA) is 70.8 Å². The second-order valence-electron chi connectivity index (χ2n) is 3.96. The van der Waals surface area contributed by atoms with Crippen molar-refractivity contribution < 1.29 is 23.4 Å². The predicted molar refractivity (Wildman–Crippen MR) is 62.0 cm³/mol. The van der Waals surface area contributed by atoms with Gasteiger partial charge >= 0.3 is 5.97 Å². The summed E-state index contributed by atoms with van der Waals surface area (Å²) in [5.41, 5.74) is 5.67. The van der Waals surface area contributed by atoms with E-state index in [1.165, 1.54) is 13.2 Å². The second kappa shape index (κ2) is 5.22. The Kier molecular flexibility index (Phi) is 3.66. The lowest BCUT2D eigenvalue weighted by atomic mass is 10.1. The van der Waals surface area contributed by atoms with Crippen molar-refractivity contribution in [2.75, 3.05) is 26.1 Å². The van der Waals surface area contributed by atoms with E-state index >= 15 is 0 Å². The zero-order valence-electron chi connectivity index (χ0n) is 9.94. The number of ether oxygens (including phenoxy) is 3. The average molecular weight is 255 g/mol. The summed E-state index contributed by atoms with van der Waals surface area (Å²) < 4.78 is 28.8. The molecule has 1 fully saturated rings. The summed E-state index contributed by atoms with van der Waals surface area (Å²) in [5, 5.41) is 0. The highest BCUT2D eigenvalue weighted by Gasteiger charge is 2.21. The summed E-state index contributed by atoms with van der Waals surface area (Å²) in [6.45, 7) is 1.00. The number of halogens is 1. The molecule has 0 spiro atoms. The third-order valence-electron chi connectivity index (χ3n) is 2.69. The van der Waals surface area contributed by atoms with Gasteiger partial charge in [-0.2, -0.15) is 0 Å². The SMILES string of the molecule is COC(=O)c1cc(OC2CCOC2)c(F)cc1N. The molecule has 5 nitrogen and oxygen atoms in total. The second-order valence-corrected chi connectivity index (χ2v) is 3.96. The molecule has 0 bridgehead atoms. The standard InChI is InChI=1S/C12H14FNO4/c1-16-12(15)8-4-11(9(13)5-10(8)14)18-7-2-3-17-6-7/h4-5,7H,2-3,6,14H2,1H3. The highest BCUT2D eigenvalue weighted by molar-refractivity contribution is 5.95. The van der Waals surface area contributed by atoms with E-state index in [2.05, 4.69) is 4.74 Å². The van der Waals surface area contributed by atoms with Gasteiger partial charge in [0.1, 0.15) is 6.10 Å². The van der Waals surface area contributed by atoms with Crippen LogP contribution in [0, 0.1) is 5.82 Å². The molecule has 1 atom stereocenters. The number of carbonyl (C=O) groups is 1. The molecule has 0 aliphatic carbocycles. The Bertz CT molecular complexity index is 458. The van der Waals surface area contributed by atoms with Gasteiger partial charge in [0.25, 0.3) is 0 Å². The van der Waals surface area contributed by atoms with E-state index in [4.69, 9.17) is 15.2 Å². The van der Waals surface area contributed by atoms with E-state index < -0.39 is 11.8 Å². The monoisotopic (exact) mass is 255 g/mol. The van der Waals surface area contributed by atoms with Crippen molar-refractivity contribution in [1.82, 2.24) is 0 Å². The first-order valence-electron chi connectivity index (χ1n) is 5.53. The first kappa shape index (κ1) is 12.6. The number of nitrogens with two attached hydrogens (primary N) is 1. The van der Waals surface area contributed by atoms with Crippen LogP contribution in [-0.4, -0.2) is 32.4 Å². The molecule has 0 aromatic heterocycles. The van der Waals surface area contributed by atoms with Crippen LogP contribution < -0.4 is 10.5 Å². The first-order chi connectivity index (χ1) is 8.61. The number of anilines is 1. The van der Waals surface area contributed by atoms with Gasteiger partial charge in [0.2, 0.25) is 0 Å². The molecule has 1 heterocycles. The van der Waals surface area contributed by atoms with Crippen LogP contribution in [0.25, 0.3) is 0 Å². The Balaban J connectivity index is 2.25. The summed E-state index contributed by atoms with van der Waals surface area (Å²) in [6.07, 6.45) is 0.491. The van der Waals surface area contributed by atoms with Crippen LogP contribution >= 0.6 is 0 Å². The molecule has 1 aromatic carbocycles. The molecule has 0 radical (unpaired) electrons. The van der Waals surface area contributed by atoms with Crippen molar-refractivity contribution in [1.29, 1.82) is 0 Å². The number of carbonyl (C=O) groups excluding carboxylic acids is 1. The summed E-state index contributed by atoms with van der Waals surface area (Å²) in [4.78, 5) is 11.4. The maximum Gasteiger partial charge on any atom is 0.340 e. The molecule has 2 N–H and O–H groups in total. The molecule has 1 saturated heterocycles. The fourth-order valence-electron chi connectivity index (χ4n) is 1.73. The van der Waals surface area contributed by atoms with Crippen LogP contribution in [0.15, 0.2) is 12.1 Å². The van der Waals surface area contributed by atoms with Crippen LogP contribution in [0.2, 0.25) is 0 Å². The van der Waals surface area contributed by atoms with Crippen molar-refractivity contribution in [3.63, 3.8) is 0 Å². The van der Waals surface area contributed by atoms with E-state index in [1.54, 1.807) is 0 Å². The molecule has 1 aromatic rings. The average Bonchev–Trinajstić information content (AvgIpc) is 2.84. The van der Waals surface area contributed by atoms with Gasteiger partial charge in [-0.25, -0.2) is 9.18 Å². The summed E-state index contributed by atoms with van der Waals surface area (Å²) in [5.74, 6) is -1.24. The van der Waals surface area contributed by atoms with Gasteiger partial charge in [0.05, 0.1) is 25.9 Å². The van der Waals surface area contributed by atoms with Gasteiger partial charge in [-0.15, -0.1) is 0 Å². The van der Waals surface area contributed by atoms with Gasteiger partial charge in [0, 0.05) is 18.2 Å². The summed E-state index contributed by atoms with van der Waals surface area (Å²) >= 11 is 0. The van der Waals surface area contributed by atoms with E-state index in [0.29, 0.717) is 19.6 Å². The van der Waals surface area contributed by atoms with Crippen molar-refractivity contribution >= 4 is 11.7 Å². The van der Waals surface area contributed by atoms with Crippen LogP contribution in [0.4, 0.5) is 10.1 Å². The summed E-state index contributed by atoms with van der Waals surface area (Å²) in [7, 11) is 1.23. The molecular weight excluding hydrogens is 241 g/mol. The minimum absolute atomic E-state index is 0.0138. The number of esters is 1. The smallest absolute Gasteiger partial charge is 0.340 e. The van der Waals surface area contributed by atoms with Crippen LogP contribution in [-0.2, 0) is 9.47 Å². The lowest BCUT2D eigenvalue weighted by molar-refractivity contribution is 0.0601. The molecule has 98 valence electrons. The van der Waals surface area contributed by atoms with Crippen molar-refractivity contribution in [3.8, 4) is 5.75 Å². The number of hydrogen-bond donors (Lipinski definition) is 1. The molecular formula is C12H14FNO4. The minimum Gasteiger partial charge on any atom is -0.485 e. The lowest BCUT2D eigenvalue weighted by Gasteiger charge is -2.14. The largest absolute Gasteiger partial charge is 0.485 e. The highest BCUT2D eigenvalue weighted by atomic mass is 19.1. The number of benzene rings is 1. The van der Waals surface area contributed by atoms with Gasteiger partial charge < -0.3 is 19.9 Å². The van der Waals surface area contributed by atoms with Gasteiger partial charge in [-0.05, 0) is 6.07 Å². The molecule has 0 saturated carbocycles. The van der Waals surface area contributed by atoms with Crippen molar-refractivity contribution in [2.45, 2.75) is 12.5 Å². The zero-order valence-corrected chi connectivity index (χ0v) is 9.94. The molecule has 1 unspecified atom stereocenters. The van der Waals surface area contributed by atoms with Gasteiger partial charge in [-0.3, -0.25) is 0 Å². The Morgan fingerprint density at radius 1 is 1.56 bits per heavy atom. The third-order valence-corrected chi connectivity index (χ3v) is 2.69. The van der Waals surface area contributed by atoms with E-state index in [1.807, 2.05) is 0 Å². The fourth-order valence-corrected chi connectivity index (χ4v) is 1.73. The van der Waals surface area contributed by atoms with Crippen LogP contribution in [0.1, 0.15) is 16.8 Å². The number of nitrogen functional groups attached to an aromatic ring is 1. The Morgan fingerprint density at radius 3 is 2.94 bits per heavy atom. The maximum absolute atomic E-state index is 13.7. The molecule has 6 heteroatoms. The Hall–Kier alpha value is -1.82. The van der Waals surface area contributed by atoms with E-state index in [9.17, 15) is 9.18 Å². The number of hydrogen-bond acceptors (Lipinski definition) is 5. The maximum atomic E-state index is 13.7. The number of methoxy groups -OCH3 is 1. The molecule has 1 aliphatic rings. The first-order valence-corrected chi connectivity index (χ1v) is 5.53. The Morgan fingerprint density at radius 2 is 2.33 bits per heavy atom. The van der Waals surface area contributed by atoms with Crippen molar-refractivity contribution in [2.24, 2.45) is 0 Å².